The third-order valence-corrected chi connectivity index (χ3v) is 3.11. The standard InChI is InChI=1S/C12H13ClN4OS/c1-3-18-7-10-16-9(13)4-11(17-10)19-12-14-5-8(2)6-15-12/h4-6H,3,7H2,1-2H3. The second-order valence-corrected chi connectivity index (χ2v) is 5.10. The van der Waals surface area contributed by atoms with Crippen LogP contribution in [0, 0.1) is 6.92 Å². The predicted molar refractivity (Wildman–Crippen MR) is 73.3 cm³/mol. The summed E-state index contributed by atoms with van der Waals surface area (Å²) in [6.07, 6.45) is 3.53. The van der Waals surface area contributed by atoms with Gasteiger partial charge in [0.1, 0.15) is 16.8 Å². The first-order chi connectivity index (χ1) is 9.17. The highest BCUT2D eigenvalue weighted by Crippen LogP contribution is 2.24. The molecule has 100 valence electrons. The van der Waals surface area contributed by atoms with Gasteiger partial charge in [-0.1, -0.05) is 11.6 Å². The molecule has 2 heterocycles. The summed E-state index contributed by atoms with van der Waals surface area (Å²) < 4.78 is 5.27. The second-order valence-electron chi connectivity index (χ2n) is 3.73. The Kier molecular flexibility index (Phi) is 5.07. The van der Waals surface area contributed by atoms with Gasteiger partial charge in [-0.2, -0.15) is 0 Å². The number of hydrogen-bond acceptors (Lipinski definition) is 6. The van der Waals surface area contributed by atoms with E-state index in [1.165, 1.54) is 11.8 Å². The molecule has 0 aliphatic carbocycles. The van der Waals surface area contributed by atoms with Crippen LogP contribution in [0.3, 0.4) is 0 Å². The van der Waals surface area contributed by atoms with E-state index in [1.54, 1.807) is 18.5 Å². The first-order valence-electron chi connectivity index (χ1n) is 5.75. The molecule has 0 radical (unpaired) electrons. The van der Waals surface area contributed by atoms with Crippen molar-refractivity contribution in [3.05, 3.63) is 35.0 Å². The van der Waals surface area contributed by atoms with Crippen molar-refractivity contribution in [1.82, 2.24) is 19.9 Å². The Labute approximate surface area is 120 Å². The van der Waals surface area contributed by atoms with Crippen molar-refractivity contribution in [1.29, 1.82) is 0 Å². The Morgan fingerprint density at radius 1 is 1.26 bits per heavy atom. The summed E-state index contributed by atoms with van der Waals surface area (Å²) in [4.78, 5) is 16.9. The molecule has 0 amide bonds. The van der Waals surface area contributed by atoms with Crippen LogP contribution in [-0.2, 0) is 11.3 Å². The zero-order chi connectivity index (χ0) is 13.7. The number of hydrogen-bond donors (Lipinski definition) is 0. The number of aryl methyl sites for hydroxylation is 1. The van der Waals surface area contributed by atoms with E-state index in [9.17, 15) is 0 Å². The Morgan fingerprint density at radius 2 is 2.00 bits per heavy atom. The summed E-state index contributed by atoms with van der Waals surface area (Å²) >= 11 is 7.30. The summed E-state index contributed by atoms with van der Waals surface area (Å²) in [5, 5.41) is 1.72. The molecule has 0 fully saturated rings. The van der Waals surface area contributed by atoms with Crippen LogP contribution in [0.2, 0.25) is 5.15 Å². The minimum absolute atomic E-state index is 0.347. The summed E-state index contributed by atoms with van der Waals surface area (Å²) in [7, 11) is 0. The number of halogens is 1. The topological polar surface area (TPSA) is 60.8 Å². The van der Waals surface area contributed by atoms with Gasteiger partial charge in [-0.25, -0.2) is 19.9 Å². The zero-order valence-electron chi connectivity index (χ0n) is 10.6. The monoisotopic (exact) mass is 296 g/mol. The first-order valence-corrected chi connectivity index (χ1v) is 6.94. The van der Waals surface area contributed by atoms with Crippen LogP contribution < -0.4 is 0 Å². The molecular formula is C12H13ClN4OS. The van der Waals surface area contributed by atoms with Crippen LogP contribution >= 0.6 is 23.4 Å². The van der Waals surface area contributed by atoms with Gasteiger partial charge in [-0.05, 0) is 31.2 Å². The van der Waals surface area contributed by atoms with Gasteiger partial charge in [-0.3, -0.25) is 0 Å². The molecule has 0 unspecified atom stereocenters. The average molecular weight is 297 g/mol. The lowest BCUT2D eigenvalue weighted by Crippen LogP contribution is -2.00. The van der Waals surface area contributed by atoms with Crippen LogP contribution in [-0.4, -0.2) is 26.5 Å². The van der Waals surface area contributed by atoms with Crippen molar-refractivity contribution in [2.24, 2.45) is 0 Å². The van der Waals surface area contributed by atoms with Crippen molar-refractivity contribution in [2.45, 2.75) is 30.6 Å². The van der Waals surface area contributed by atoms with E-state index in [0.717, 1.165) is 5.56 Å². The van der Waals surface area contributed by atoms with Crippen molar-refractivity contribution in [3.8, 4) is 0 Å². The fourth-order valence-electron chi connectivity index (χ4n) is 1.28. The molecule has 0 bridgehead atoms. The molecule has 0 saturated heterocycles. The molecular weight excluding hydrogens is 284 g/mol. The SMILES string of the molecule is CCOCc1nc(Cl)cc(Sc2ncc(C)cn2)n1. The lowest BCUT2D eigenvalue weighted by atomic mass is 10.4. The second kappa shape index (κ2) is 6.79. The Morgan fingerprint density at radius 3 is 2.68 bits per heavy atom. The molecule has 2 rings (SSSR count). The van der Waals surface area contributed by atoms with Crippen LogP contribution in [0.4, 0.5) is 0 Å². The van der Waals surface area contributed by atoms with Gasteiger partial charge in [0, 0.05) is 25.1 Å². The highest BCUT2D eigenvalue weighted by atomic mass is 35.5. The lowest BCUT2D eigenvalue weighted by Gasteiger charge is -2.04. The van der Waals surface area contributed by atoms with Gasteiger partial charge in [-0.15, -0.1) is 0 Å². The van der Waals surface area contributed by atoms with Gasteiger partial charge < -0.3 is 4.74 Å². The minimum atomic E-state index is 0.347. The van der Waals surface area contributed by atoms with Gasteiger partial charge in [0.2, 0.25) is 0 Å². The van der Waals surface area contributed by atoms with Crippen LogP contribution in [0.15, 0.2) is 28.6 Å². The molecule has 0 atom stereocenters. The molecule has 2 aromatic rings. The Bertz CT molecular complexity index is 550. The van der Waals surface area contributed by atoms with Crippen molar-refractivity contribution in [2.75, 3.05) is 6.61 Å². The van der Waals surface area contributed by atoms with E-state index in [-0.39, 0.29) is 0 Å². The number of aromatic nitrogens is 4. The third-order valence-electron chi connectivity index (χ3n) is 2.11. The van der Waals surface area contributed by atoms with E-state index >= 15 is 0 Å². The smallest absolute Gasteiger partial charge is 0.193 e. The van der Waals surface area contributed by atoms with Gasteiger partial charge in [0.25, 0.3) is 0 Å². The van der Waals surface area contributed by atoms with Gasteiger partial charge >= 0.3 is 0 Å². The Balaban J connectivity index is 2.15. The fraction of sp³-hybridized carbons (Fsp3) is 0.333. The molecule has 0 N–H and O–H groups in total. The Hall–Kier alpha value is -1.24. The molecule has 19 heavy (non-hydrogen) atoms. The van der Waals surface area contributed by atoms with Crippen molar-refractivity contribution >= 4 is 23.4 Å². The average Bonchev–Trinajstić information content (AvgIpc) is 2.38. The maximum absolute atomic E-state index is 5.96. The van der Waals surface area contributed by atoms with Crippen LogP contribution in [0.25, 0.3) is 0 Å². The highest BCUT2D eigenvalue weighted by Gasteiger charge is 2.07. The number of rotatable bonds is 5. The van der Waals surface area contributed by atoms with Crippen LogP contribution in [0.1, 0.15) is 18.3 Å². The first kappa shape index (κ1) is 14.2. The van der Waals surface area contributed by atoms with Crippen molar-refractivity contribution in [3.63, 3.8) is 0 Å². The molecule has 0 spiro atoms. The molecule has 0 aliphatic heterocycles. The third kappa shape index (κ3) is 4.41. The lowest BCUT2D eigenvalue weighted by molar-refractivity contribution is 0.128. The molecule has 0 saturated carbocycles. The van der Waals surface area contributed by atoms with Crippen molar-refractivity contribution < 1.29 is 4.74 Å². The maximum atomic E-state index is 5.96. The van der Waals surface area contributed by atoms with E-state index in [4.69, 9.17) is 16.3 Å². The van der Waals surface area contributed by atoms with Crippen LogP contribution in [0.5, 0.6) is 0 Å². The summed E-state index contributed by atoms with van der Waals surface area (Å²) in [5.74, 6) is 0.559. The molecule has 0 aliphatic rings. The quantitative estimate of drug-likeness (QED) is 0.624. The molecule has 2 aromatic heterocycles. The normalized spacial score (nSPS) is 10.7. The molecule has 5 nitrogen and oxygen atoms in total. The number of nitrogens with zero attached hydrogens (tertiary/aromatic N) is 4. The summed E-state index contributed by atoms with van der Waals surface area (Å²) in [6.45, 7) is 4.81. The molecule has 7 heteroatoms. The highest BCUT2D eigenvalue weighted by molar-refractivity contribution is 7.99. The van der Waals surface area contributed by atoms with E-state index in [1.807, 2.05) is 13.8 Å². The van der Waals surface area contributed by atoms with E-state index < -0.39 is 0 Å². The maximum Gasteiger partial charge on any atom is 0.193 e. The molecule has 0 aromatic carbocycles. The number of ether oxygens (including phenoxy) is 1. The predicted octanol–water partition coefficient (Wildman–Crippen LogP) is 2.92. The van der Waals surface area contributed by atoms with E-state index in [2.05, 4.69) is 19.9 Å². The summed E-state index contributed by atoms with van der Waals surface area (Å²) in [6, 6.07) is 1.69. The minimum Gasteiger partial charge on any atom is -0.374 e. The largest absolute Gasteiger partial charge is 0.374 e. The van der Waals surface area contributed by atoms with E-state index in [0.29, 0.717) is 34.4 Å². The van der Waals surface area contributed by atoms with Gasteiger partial charge in [0.15, 0.2) is 11.0 Å². The zero-order valence-corrected chi connectivity index (χ0v) is 12.2. The van der Waals surface area contributed by atoms with Gasteiger partial charge in [0.05, 0.1) is 0 Å². The fourth-order valence-corrected chi connectivity index (χ4v) is 2.26. The summed E-state index contributed by atoms with van der Waals surface area (Å²) in [5.41, 5.74) is 1.02.